The maximum Gasteiger partial charge on any atom is 0.192 e. The molecular weight excluding hydrogens is 216 g/mol. The highest BCUT2D eigenvalue weighted by Gasteiger charge is 2.45. The van der Waals surface area contributed by atoms with E-state index < -0.39 is 8.32 Å². The molecular formula is C13H28O2Si. The van der Waals surface area contributed by atoms with Gasteiger partial charge in [0.15, 0.2) is 8.32 Å². The van der Waals surface area contributed by atoms with Gasteiger partial charge in [-0.2, -0.15) is 0 Å². The Bertz CT molecular complexity index is 225. The molecule has 2 nitrogen and oxygen atoms in total. The molecule has 0 saturated heterocycles. The van der Waals surface area contributed by atoms with Crippen LogP contribution in [0.15, 0.2) is 0 Å². The van der Waals surface area contributed by atoms with Crippen molar-refractivity contribution >= 4 is 8.32 Å². The molecule has 1 fully saturated rings. The van der Waals surface area contributed by atoms with Gasteiger partial charge in [-0.05, 0) is 31.0 Å². The average Bonchev–Trinajstić information content (AvgIpc) is 2.50. The number of rotatable bonds is 4. The summed E-state index contributed by atoms with van der Waals surface area (Å²) >= 11 is 0. The summed E-state index contributed by atoms with van der Waals surface area (Å²) < 4.78 is 12.0. The van der Waals surface area contributed by atoms with Crippen molar-refractivity contribution in [3.63, 3.8) is 0 Å². The predicted molar refractivity (Wildman–Crippen MR) is 71.4 cm³/mol. The first-order valence-corrected chi connectivity index (χ1v) is 9.32. The van der Waals surface area contributed by atoms with Crippen molar-refractivity contribution in [3.05, 3.63) is 0 Å². The van der Waals surface area contributed by atoms with Crippen LogP contribution in [0.1, 0.15) is 46.5 Å². The fourth-order valence-electron chi connectivity index (χ4n) is 2.25. The van der Waals surface area contributed by atoms with Crippen LogP contribution in [0.2, 0.25) is 18.1 Å². The summed E-state index contributed by atoms with van der Waals surface area (Å²) in [5, 5.41) is 0.288. The van der Waals surface area contributed by atoms with Gasteiger partial charge in [-0.25, -0.2) is 0 Å². The molecule has 0 aliphatic heterocycles. The van der Waals surface area contributed by atoms with Gasteiger partial charge in [0.05, 0.1) is 12.2 Å². The van der Waals surface area contributed by atoms with E-state index in [1.54, 1.807) is 7.11 Å². The monoisotopic (exact) mass is 244 g/mol. The predicted octanol–water partition coefficient (Wildman–Crippen LogP) is 3.97. The van der Waals surface area contributed by atoms with E-state index in [4.69, 9.17) is 9.16 Å². The van der Waals surface area contributed by atoms with Gasteiger partial charge in [0.2, 0.25) is 0 Å². The van der Waals surface area contributed by atoms with E-state index in [1.807, 2.05) is 0 Å². The topological polar surface area (TPSA) is 18.5 Å². The minimum absolute atomic E-state index is 0.0255. The van der Waals surface area contributed by atoms with Crippen molar-refractivity contribution < 1.29 is 9.16 Å². The maximum atomic E-state index is 6.61. The van der Waals surface area contributed by atoms with Crippen LogP contribution in [0.25, 0.3) is 0 Å². The first-order chi connectivity index (χ1) is 7.22. The number of methoxy groups -OCH3 is 1. The molecule has 1 rings (SSSR count). The van der Waals surface area contributed by atoms with E-state index in [1.165, 1.54) is 25.7 Å². The molecule has 0 radical (unpaired) electrons. The minimum Gasteiger partial charge on any atom is -0.409 e. The van der Waals surface area contributed by atoms with Crippen molar-refractivity contribution in [1.29, 1.82) is 0 Å². The highest BCUT2D eigenvalue weighted by molar-refractivity contribution is 6.74. The van der Waals surface area contributed by atoms with Gasteiger partial charge in [0.25, 0.3) is 0 Å². The van der Waals surface area contributed by atoms with Crippen LogP contribution in [0.4, 0.5) is 0 Å². The second-order valence-electron chi connectivity index (χ2n) is 6.69. The van der Waals surface area contributed by atoms with E-state index in [-0.39, 0.29) is 10.6 Å². The maximum absolute atomic E-state index is 6.61. The van der Waals surface area contributed by atoms with Crippen LogP contribution in [0.5, 0.6) is 0 Å². The van der Waals surface area contributed by atoms with Crippen molar-refractivity contribution in [3.8, 4) is 0 Å². The lowest BCUT2D eigenvalue weighted by Crippen LogP contribution is -2.50. The second-order valence-corrected chi connectivity index (χ2v) is 11.4. The molecule has 0 N–H and O–H groups in total. The van der Waals surface area contributed by atoms with Gasteiger partial charge in [-0.1, -0.05) is 33.6 Å². The summed E-state index contributed by atoms with van der Waals surface area (Å²) in [6, 6.07) is 0. The summed E-state index contributed by atoms with van der Waals surface area (Å²) in [4.78, 5) is 0. The minimum atomic E-state index is -1.66. The Morgan fingerprint density at radius 1 is 1.12 bits per heavy atom. The van der Waals surface area contributed by atoms with Crippen molar-refractivity contribution in [2.75, 3.05) is 13.7 Å². The van der Waals surface area contributed by atoms with E-state index >= 15 is 0 Å². The Balaban J connectivity index is 2.76. The number of ether oxygens (including phenoxy) is 1. The number of hydrogen-bond acceptors (Lipinski definition) is 2. The summed E-state index contributed by atoms with van der Waals surface area (Å²) in [5.41, 5.74) is 0.0255. The van der Waals surface area contributed by atoms with Crippen LogP contribution < -0.4 is 0 Å². The number of hydrogen-bond donors (Lipinski definition) is 0. The molecule has 0 aromatic heterocycles. The molecule has 1 aliphatic carbocycles. The SMILES string of the molecule is COCC1(O[Si](C)(C)C(C)(C)C)CCCC1. The average molecular weight is 244 g/mol. The molecule has 0 unspecified atom stereocenters. The highest BCUT2D eigenvalue weighted by atomic mass is 28.4. The smallest absolute Gasteiger partial charge is 0.192 e. The highest BCUT2D eigenvalue weighted by Crippen LogP contribution is 2.43. The summed E-state index contributed by atoms with van der Waals surface area (Å²) in [6.45, 7) is 12.3. The molecule has 0 atom stereocenters. The molecule has 0 aromatic carbocycles. The van der Waals surface area contributed by atoms with Crippen molar-refractivity contribution in [2.45, 2.75) is 70.2 Å². The lowest BCUT2D eigenvalue weighted by atomic mass is 10.0. The van der Waals surface area contributed by atoms with Gasteiger partial charge < -0.3 is 9.16 Å². The largest absolute Gasteiger partial charge is 0.409 e. The molecule has 16 heavy (non-hydrogen) atoms. The van der Waals surface area contributed by atoms with Gasteiger partial charge in [-0.3, -0.25) is 0 Å². The molecule has 1 aliphatic rings. The van der Waals surface area contributed by atoms with Gasteiger partial charge >= 0.3 is 0 Å². The lowest BCUT2D eigenvalue weighted by Gasteiger charge is -2.44. The zero-order valence-corrected chi connectivity index (χ0v) is 12.9. The summed E-state index contributed by atoms with van der Waals surface area (Å²) in [6.07, 6.45) is 4.93. The van der Waals surface area contributed by atoms with Crippen molar-refractivity contribution in [2.24, 2.45) is 0 Å². The Labute approximate surface area is 102 Å². The third-order valence-electron chi connectivity index (χ3n) is 4.20. The second kappa shape index (κ2) is 4.79. The Hall–Kier alpha value is 0.137. The Morgan fingerprint density at radius 3 is 2.00 bits per heavy atom. The molecule has 0 bridgehead atoms. The van der Waals surface area contributed by atoms with Crippen LogP contribution in [0.3, 0.4) is 0 Å². The van der Waals surface area contributed by atoms with Crippen LogP contribution >= 0.6 is 0 Å². The summed E-state index contributed by atoms with van der Waals surface area (Å²) in [5.74, 6) is 0. The van der Waals surface area contributed by atoms with E-state index in [0.717, 1.165) is 6.61 Å². The van der Waals surface area contributed by atoms with Crippen molar-refractivity contribution in [1.82, 2.24) is 0 Å². The first kappa shape index (κ1) is 14.2. The third-order valence-corrected chi connectivity index (χ3v) is 8.76. The fraction of sp³-hybridized carbons (Fsp3) is 1.00. The van der Waals surface area contributed by atoms with E-state index in [0.29, 0.717) is 0 Å². The van der Waals surface area contributed by atoms with Gasteiger partial charge in [0.1, 0.15) is 0 Å². The van der Waals surface area contributed by atoms with E-state index in [9.17, 15) is 0 Å². The zero-order chi connectivity index (χ0) is 12.4. The Morgan fingerprint density at radius 2 is 1.62 bits per heavy atom. The fourth-order valence-corrected chi connectivity index (χ4v) is 3.90. The third kappa shape index (κ3) is 3.08. The van der Waals surface area contributed by atoms with Crippen LogP contribution in [-0.4, -0.2) is 27.6 Å². The van der Waals surface area contributed by atoms with Gasteiger partial charge in [0, 0.05) is 7.11 Å². The Kier molecular flexibility index (Phi) is 4.25. The summed E-state index contributed by atoms with van der Waals surface area (Å²) in [7, 11) is 0.127. The molecule has 0 spiro atoms. The molecule has 1 saturated carbocycles. The first-order valence-electron chi connectivity index (χ1n) is 6.42. The van der Waals surface area contributed by atoms with E-state index in [2.05, 4.69) is 33.9 Å². The van der Waals surface area contributed by atoms with Gasteiger partial charge in [-0.15, -0.1) is 0 Å². The lowest BCUT2D eigenvalue weighted by molar-refractivity contribution is -0.0149. The molecule has 0 heterocycles. The molecule has 0 amide bonds. The normalized spacial score (nSPS) is 21.4. The van der Waals surface area contributed by atoms with Crippen LogP contribution in [-0.2, 0) is 9.16 Å². The van der Waals surface area contributed by atoms with Crippen LogP contribution in [0, 0.1) is 0 Å². The molecule has 0 aromatic rings. The molecule has 3 heteroatoms. The standard InChI is InChI=1S/C13H28O2Si/c1-12(2,3)16(5,6)15-13(11-14-4)9-7-8-10-13/h7-11H2,1-6H3. The zero-order valence-electron chi connectivity index (χ0n) is 11.9. The molecule has 96 valence electrons. The quantitative estimate of drug-likeness (QED) is 0.697.